The topological polar surface area (TPSA) is 77.6 Å². The van der Waals surface area contributed by atoms with Gasteiger partial charge < -0.3 is 15.5 Å². The van der Waals surface area contributed by atoms with E-state index in [-0.39, 0.29) is 18.4 Å². The lowest BCUT2D eigenvalue weighted by atomic mass is 10.1. The van der Waals surface area contributed by atoms with E-state index in [1.807, 2.05) is 12.1 Å². The molecule has 0 saturated carbocycles. The van der Waals surface area contributed by atoms with Gasteiger partial charge in [-0.25, -0.2) is 4.39 Å². The van der Waals surface area contributed by atoms with Gasteiger partial charge in [0.25, 0.3) is 0 Å². The number of amides is 2. The molecule has 1 saturated heterocycles. The van der Waals surface area contributed by atoms with E-state index in [1.54, 1.807) is 24.5 Å². The Morgan fingerprint density at radius 1 is 1.07 bits per heavy atom. The molecule has 1 fully saturated rings. The summed E-state index contributed by atoms with van der Waals surface area (Å²) < 4.78 is 13.0. The van der Waals surface area contributed by atoms with Crippen LogP contribution in [0.4, 0.5) is 4.39 Å². The van der Waals surface area contributed by atoms with Gasteiger partial charge >= 0.3 is 11.8 Å². The largest absolute Gasteiger partial charge is 0.346 e. The average Bonchev–Trinajstić information content (AvgIpc) is 2.79. The maximum absolute atomic E-state index is 13.0. The van der Waals surface area contributed by atoms with Crippen LogP contribution in [0.5, 0.6) is 0 Å². The van der Waals surface area contributed by atoms with Gasteiger partial charge in [0, 0.05) is 51.7 Å². The lowest BCUT2D eigenvalue weighted by Crippen LogP contribution is -2.50. The summed E-state index contributed by atoms with van der Waals surface area (Å²) in [7, 11) is 0. The minimum atomic E-state index is -0.708. The third-order valence-corrected chi connectivity index (χ3v) is 5.39. The van der Waals surface area contributed by atoms with E-state index in [2.05, 4.69) is 32.3 Å². The first kappa shape index (κ1) is 21.9. The number of likely N-dealkylation sites (N-methyl/N-ethyl adjacent to an activating group) is 1. The standard InChI is InChI=1S/C22H28FN5O2/c1-2-27-10-12-28(13-11-27)20(18-4-3-9-24-15-18)16-26-22(30)21(29)25-14-17-5-7-19(23)8-6-17/h3-9,15,20H,2,10-14,16H2,1H3,(H,25,29)(H,26,30)/t20-/m0/s1. The van der Waals surface area contributed by atoms with E-state index < -0.39 is 11.8 Å². The van der Waals surface area contributed by atoms with Crippen LogP contribution in [0.1, 0.15) is 24.1 Å². The fraction of sp³-hybridized carbons (Fsp3) is 0.409. The summed E-state index contributed by atoms with van der Waals surface area (Å²) >= 11 is 0. The second-order valence-corrected chi connectivity index (χ2v) is 7.29. The third-order valence-electron chi connectivity index (χ3n) is 5.39. The molecule has 1 aliphatic heterocycles. The van der Waals surface area contributed by atoms with Gasteiger partial charge in [0.05, 0.1) is 6.04 Å². The lowest BCUT2D eigenvalue weighted by Gasteiger charge is -2.39. The van der Waals surface area contributed by atoms with Gasteiger partial charge in [0.2, 0.25) is 0 Å². The number of carbonyl (C=O) groups is 2. The maximum Gasteiger partial charge on any atom is 0.309 e. The van der Waals surface area contributed by atoms with Gasteiger partial charge in [-0.2, -0.15) is 0 Å². The number of benzene rings is 1. The van der Waals surface area contributed by atoms with E-state index in [1.165, 1.54) is 12.1 Å². The van der Waals surface area contributed by atoms with Gasteiger partial charge in [-0.15, -0.1) is 0 Å². The predicted octanol–water partition coefficient (Wildman–Crippen LogP) is 1.33. The summed E-state index contributed by atoms with van der Waals surface area (Å²) in [4.78, 5) is 33.4. The molecule has 1 aromatic heterocycles. The molecule has 2 heterocycles. The average molecular weight is 413 g/mol. The fourth-order valence-corrected chi connectivity index (χ4v) is 3.56. The van der Waals surface area contributed by atoms with Crippen molar-refractivity contribution in [2.75, 3.05) is 39.3 Å². The lowest BCUT2D eigenvalue weighted by molar-refractivity contribution is -0.139. The second-order valence-electron chi connectivity index (χ2n) is 7.29. The molecule has 7 nitrogen and oxygen atoms in total. The quantitative estimate of drug-likeness (QED) is 0.670. The Kier molecular flexibility index (Phi) is 7.87. The first-order valence-electron chi connectivity index (χ1n) is 10.2. The summed E-state index contributed by atoms with van der Waals surface area (Å²) in [6.07, 6.45) is 3.52. The van der Waals surface area contributed by atoms with E-state index in [0.717, 1.165) is 43.9 Å². The summed E-state index contributed by atoms with van der Waals surface area (Å²) in [6.45, 7) is 7.38. The Morgan fingerprint density at radius 3 is 2.40 bits per heavy atom. The Labute approximate surface area is 176 Å². The van der Waals surface area contributed by atoms with Gasteiger partial charge in [-0.3, -0.25) is 19.5 Å². The normalized spacial score (nSPS) is 16.1. The summed E-state index contributed by atoms with van der Waals surface area (Å²) in [5.74, 6) is -1.73. The van der Waals surface area contributed by atoms with Gasteiger partial charge in [0.15, 0.2) is 0 Å². The molecular formula is C22H28FN5O2. The van der Waals surface area contributed by atoms with Crippen LogP contribution in [-0.2, 0) is 16.1 Å². The highest BCUT2D eigenvalue weighted by molar-refractivity contribution is 6.35. The molecule has 1 atom stereocenters. The highest BCUT2D eigenvalue weighted by Crippen LogP contribution is 2.21. The van der Waals surface area contributed by atoms with Crippen molar-refractivity contribution in [2.24, 2.45) is 0 Å². The molecule has 0 unspecified atom stereocenters. The van der Waals surface area contributed by atoms with Crippen LogP contribution in [0.2, 0.25) is 0 Å². The van der Waals surface area contributed by atoms with E-state index in [4.69, 9.17) is 0 Å². The molecule has 3 rings (SSSR count). The molecule has 0 radical (unpaired) electrons. The monoisotopic (exact) mass is 413 g/mol. The molecule has 0 spiro atoms. The van der Waals surface area contributed by atoms with Crippen molar-refractivity contribution < 1.29 is 14.0 Å². The van der Waals surface area contributed by atoms with Crippen LogP contribution < -0.4 is 10.6 Å². The van der Waals surface area contributed by atoms with Crippen LogP contribution >= 0.6 is 0 Å². The van der Waals surface area contributed by atoms with Crippen molar-refractivity contribution in [3.63, 3.8) is 0 Å². The first-order valence-corrected chi connectivity index (χ1v) is 10.2. The number of pyridine rings is 1. The minimum Gasteiger partial charge on any atom is -0.346 e. The van der Waals surface area contributed by atoms with Crippen LogP contribution in [0.25, 0.3) is 0 Å². The number of nitrogens with one attached hydrogen (secondary N) is 2. The zero-order valence-electron chi connectivity index (χ0n) is 17.2. The molecule has 2 N–H and O–H groups in total. The van der Waals surface area contributed by atoms with Gasteiger partial charge in [-0.1, -0.05) is 25.1 Å². The Balaban J connectivity index is 1.55. The van der Waals surface area contributed by atoms with Crippen LogP contribution in [0, 0.1) is 5.82 Å². The van der Waals surface area contributed by atoms with E-state index in [9.17, 15) is 14.0 Å². The number of hydrogen-bond acceptors (Lipinski definition) is 5. The van der Waals surface area contributed by atoms with Crippen molar-refractivity contribution in [3.8, 4) is 0 Å². The molecule has 1 aliphatic rings. The number of hydrogen-bond donors (Lipinski definition) is 2. The smallest absolute Gasteiger partial charge is 0.309 e. The molecule has 2 amide bonds. The zero-order chi connectivity index (χ0) is 21.3. The van der Waals surface area contributed by atoms with Crippen LogP contribution in [0.15, 0.2) is 48.8 Å². The molecule has 1 aromatic carbocycles. The highest BCUT2D eigenvalue weighted by Gasteiger charge is 2.26. The summed E-state index contributed by atoms with van der Waals surface area (Å²) in [5.41, 5.74) is 1.73. The van der Waals surface area contributed by atoms with Crippen molar-refractivity contribution >= 4 is 11.8 Å². The number of nitrogens with zero attached hydrogens (tertiary/aromatic N) is 3. The zero-order valence-corrected chi connectivity index (χ0v) is 17.2. The second kappa shape index (κ2) is 10.8. The van der Waals surface area contributed by atoms with Gasteiger partial charge in [-0.05, 0) is 35.9 Å². The molecule has 2 aromatic rings. The number of piperazine rings is 1. The Morgan fingerprint density at radius 2 is 1.77 bits per heavy atom. The van der Waals surface area contributed by atoms with Crippen molar-refractivity contribution in [3.05, 3.63) is 65.7 Å². The predicted molar refractivity (Wildman–Crippen MR) is 112 cm³/mol. The van der Waals surface area contributed by atoms with E-state index >= 15 is 0 Å². The summed E-state index contributed by atoms with van der Waals surface area (Å²) in [5, 5.41) is 5.32. The Hall–Kier alpha value is -2.84. The number of carbonyl (C=O) groups excluding carboxylic acids is 2. The number of aromatic nitrogens is 1. The van der Waals surface area contributed by atoms with Crippen molar-refractivity contribution in [1.29, 1.82) is 0 Å². The molecule has 30 heavy (non-hydrogen) atoms. The van der Waals surface area contributed by atoms with Gasteiger partial charge in [0.1, 0.15) is 5.82 Å². The molecule has 8 heteroatoms. The molecule has 160 valence electrons. The maximum atomic E-state index is 13.0. The minimum absolute atomic E-state index is 0.0495. The van der Waals surface area contributed by atoms with Crippen molar-refractivity contribution in [1.82, 2.24) is 25.4 Å². The summed E-state index contributed by atoms with van der Waals surface area (Å²) in [6, 6.07) is 9.60. The molecule has 0 bridgehead atoms. The van der Waals surface area contributed by atoms with Crippen LogP contribution in [-0.4, -0.2) is 65.9 Å². The third kappa shape index (κ3) is 6.08. The number of halogens is 1. The van der Waals surface area contributed by atoms with E-state index in [0.29, 0.717) is 6.54 Å². The highest BCUT2D eigenvalue weighted by atomic mass is 19.1. The fourth-order valence-electron chi connectivity index (χ4n) is 3.56. The Bertz CT molecular complexity index is 823. The van der Waals surface area contributed by atoms with Crippen LogP contribution in [0.3, 0.4) is 0 Å². The number of rotatable bonds is 7. The van der Waals surface area contributed by atoms with Crippen molar-refractivity contribution in [2.45, 2.75) is 19.5 Å². The SMILES string of the molecule is CCN1CCN([C@@H](CNC(=O)C(=O)NCc2ccc(F)cc2)c2cccnc2)CC1. The molecular weight excluding hydrogens is 385 g/mol. The molecule has 0 aliphatic carbocycles. The first-order chi connectivity index (χ1) is 14.6.